The third-order valence-electron chi connectivity index (χ3n) is 4.06. The molecule has 126 valence electrons. The Kier molecular flexibility index (Phi) is 4.52. The Balaban J connectivity index is 1.70. The lowest BCUT2D eigenvalue weighted by molar-refractivity contribution is 0.663. The SMILES string of the molecule is c1cc2cc(c1)Nc1nccc(n1)-c1ccnc(c1)NCCCNC2. The molecule has 0 atom stereocenters. The van der Waals surface area contributed by atoms with Gasteiger partial charge in [-0.25, -0.2) is 15.0 Å². The number of benzene rings is 1. The summed E-state index contributed by atoms with van der Waals surface area (Å²) in [6.07, 6.45) is 4.60. The normalized spacial score (nSPS) is 14.2. The highest BCUT2D eigenvalue weighted by molar-refractivity contribution is 5.64. The summed E-state index contributed by atoms with van der Waals surface area (Å²) >= 11 is 0. The summed E-state index contributed by atoms with van der Waals surface area (Å²) in [6.45, 7) is 2.66. The minimum atomic E-state index is 0.584. The number of rotatable bonds is 0. The van der Waals surface area contributed by atoms with Crippen LogP contribution in [0.2, 0.25) is 0 Å². The van der Waals surface area contributed by atoms with Crippen LogP contribution in [0.1, 0.15) is 12.0 Å². The minimum Gasteiger partial charge on any atom is -0.370 e. The van der Waals surface area contributed by atoms with Crippen LogP contribution in [-0.4, -0.2) is 28.0 Å². The van der Waals surface area contributed by atoms with Gasteiger partial charge in [0.2, 0.25) is 5.95 Å². The van der Waals surface area contributed by atoms with E-state index in [-0.39, 0.29) is 0 Å². The zero-order valence-electron chi connectivity index (χ0n) is 13.9. The van der Waals surface area contributed by atoms with Gasteiger partial charge in [-0.2, -0.15) is 0 Å². The first-order valence-corrected chi connectivity index (χ1v) is 8.47. The highest BCUT2D eigenvalue weighted by Crippen LogP contribution is 2.21. The fourth-order valence-corrected chi connectivity index (χ4v) is 2.82. The van der Waals surface area contributed by atoms with Crippen LogP contribution in [-0.2, 0) is 6.54 Å². The highest BCUT2D eigenvalue weighted by Gasteiger charge is 2.06. The summed E-state index contributed by atoms with van der Waals surface area (Å²) in [6, 6.07) is 14.2. The molecule has 3 N–H and O–H groups in total. The van der Waals surface area contributed by atoms with Crippen molar-refractivity contribution >= 4 is 17.5 Å². The molecular weight excluding hydrogens is 312 g/mol. The molecular formula is C19H20N6. The topological polar surface area (TPSA) is 74.8 Å². The van der Waals surface area contributed by atoms with Crippen molar-refractivity contribution in [1.29, 1.82) is 0 Å². The van der Waals surface area contributed by atoms with E-state index in [1.165, 1.54) is 5.56 Å². The molecule has 0 unspecified atom stereocenters. The average Bonchev–Trinajstić information content (AvgIpc) is 2.65. The Morgan fingerprint density at radius 3 is 2.88 bits per heavy atom. The van der Waals surface area contributed by atoms with E-state index in [1.807, 2.05) is 30.3 Å². The molecule has 2 aromatic heterocycles. The molecule has 0 saturated heterocycles. The molecule has 25 heavy (non-hydrogen) atoms. The second-order valence-corrected chi connectivity index (χ2v) is 5.98. The molecule has 4 rings (SSSR count). The van der Waals surface area contributed by atoms with Gasteiger partial charge in [-0.05, 0) is 48.9 Å². The van der Waals surface area contributed by atoms with E-state index in [4.69, 9.17) is 0 Å². The zero-order chi connectivity index (χ0) is 16.9. The van der Waals surface area contributed by atoms with Crippen molar-refractivity contribution in [3.8, 4) is 11.3 Å². The number of fused-ring (bicyclic) bond motifs is 7. The van der Waals surface area contributed by atoms with Crippen LogP contribution >= 0.6 is 0 Å². The summed E-state index contributed by atoms with van der Waals surface area (Å²) in [5, 5.41) is 10.1. The van der Waals surface area contributed by atoms with Crippen LogP contribution in [0.25, 0.3) is 11.3 Å². The van der Waals surface area contributed by atoms with Gasteiger partial charge < -0.3 is 16.0 Å². The summed E-state index contributed by atoms with van der Waals surface area (Å²) < 4.78 is 0. The predicted molar refractivity (Wildman–Crippen MR) is 99.8 cm³/mol. The van der Waals surface area contributed by atoms with Crippen molar-refractivity contribution in [2.75, 3.05) is 23.7 Å². The quantitative estimate of drug-likeness (QED) is 0.587. The predicted octanol–water partition coefficient (Wildman–Crippen LogP) is 3.19. The Morgan fingerprint density at radius 1 is 0.920 bits per heavy atom. The number of anilines is 3. The number of pyridine rings is 1. The van der Waals surface area contributed by atoms with Crippen LogP contribution < -0.4 is 16.0 Å². The molecule has 0 amide bonds. The number of aromatic nitrogens is 3. The Labute approximate surface area is 146 Å². The molecule has 3 aromatic rings. The molecule has 1 aliphatic heterocycles. The van der Waals surface area contributed by atoms with E-state index in [2.05, 4.69) is 43.0 Å². The molecule has 0 aliphatic carbocycles. The van der Waals surface area contributed by atoms with Crippen molar-refractivity contribution in [3.63, 3.8) is 0 Å². The number of hydrogen-bond donors (Lipinski definition) is 3. The van der Waals surface area contributed by atoms with E-state index in [1.54, 1.807) is 12.4 Å². The van der Waals surface area contributed by atoms with E-state index < -0.39 is 0 Å². The smallest absolute Gasteiger partial charge is 0.227 e. The zero-order valence-corrected chi connectivity index (χ0v) is 13.9. The first-order valence-electron chi connectivity index (χ1n) is 8.47. The maximum Gasteiger partial charge on any atom is 0.227 e. The van der Waals surface area contributed by atoms with Crippen LogP contribution in [0.3, 0.4) is 0 Å². The van der Waals surface area contributed by atoms with Gasteiger partial charge >= 0.3 is 0 Å². The third kappa shape index (κ3) is 3.92. The van der Waals surface area contributed by atoms with E-state index >= 15 is 0 Å². The Morgan fingerprint density at radius 2 is 1.88 bits per heavy atom. The second-order valence-electron chi connectivity index (χ2n) is 5.98. The van der Waals surface area contributed by atoms with Gasteiger partial charge in [-0.3, -0.25) is 0 Å². The molecule has 6 bridgehead atoms. The van der Waals surface area contributed by atoms with Crippen LogP contribution in [0.4, 0.5) is 17.5 Å². The molecule has 0 radical (unpaired) electrons. The van der Waals surface area contributed by atoms with Crippen molar-refractivity contribution in [2.45, 2.75) is 13.0 Å². The first kappa shape index (κ1) is 15.5. The second kappa shape index (κ2) is 7.27. The largest absolute Gasteiger partial charge is 0.370 e. The van der Waals surface area contributed by atoms with Crippen LogP contribution in [0.15, 0.2) is 54.9 Å². The molecule has 6 heteroatoms. The maximum absolute atomic E-state index is 4.64. The minimum absolute atomic E-state index is 0.584. The van der Waals surface area contributed by atoms with Crippen molar-refractivity contribution < 1.29 is 0 Å². The van der Waals surface area contributed by atoms with Gasteiger partial charge in [-0.1, -0.05) is 12.1 Å². The summed E-state index contributed by atoms with van der Waals surface area (Å²) in [7, 11) is 0. The number of nitrogens with zero attached hydrogens (tertiary/aromatic N) is 3. The number of nitrogens with one attached hydrogen (secondary N) is 3. The third-order valence-corrected chi connectivity index (χ3v) is 4.06. The lowest BCUT2D eigenvalue weighted by Crippen LogP contribution is -2.18. The van der Waals surface area contributed by atoms with Gasteiger partial charge in [0.05, 0.1) is 5.69 Å². The monoisotopic (exact) mass is 332 g/mol. The molecule has 0 spiro atoms. The lowest BCUT2D eigenvalue weighted by Gasteiger charge is -2.11. The van der Waals surface area contributed by atoms with E-state index in [0.717, 1.165) is 48.8 Å². The molecule has 0 saturated carbocycles. The molecule has 3 heterocycles. The van der Waals surface area contributed by atoms with Gasteiger partial charge in [0.25, 0.3) is 0 Å². The molecule has 0 fully saturated rings. The fourth-order valence-electron chi connectivity index (χ4n) is 2.82. The van der Waals surface area contributed by atoms with Crippen LogP contribution in [0, 0.1) is 0 Å². The molecule has 1 aromatic carbocycles. The van der Waals surface area contributed by atoms with Gasteiger partial charge in [0.1, 0.15) is 5.82 Å². The fraction of sp³-hybridized carbons (Fsp3) is 0.211. The molecule has 1 aliphatic rings. The number of hydrogen-bond acceptors (Lipinski definition) is 6. The summed E-state index contributed by atoms with van der Waals surface area (Å²) in [5.74, 6) is 1.45. The van der Waals surface area contributed by atoms with Gasteiger partial charge in [0.15, 0.2) is 0 Å². The average molecular weight is 332 g/mol. The first-order chi connectivity index (χ1) is 12.4. The highest BCUT2D eigenvalue weighted by atomic mass is 15.1. The summed E-state index contributed by atoms with van der Waals surface area (Å²) in [5.41, 5.74) is 4.10. The van der Waals surface area contributed by atoms with Crippen molar-refractivity contribution in [1.82, 2.24) is 20.3 Å². The Hall–Kier alpha value is -2.99. The molecule has 6 nitrogen and oxygen atoms in total. The summed E-state index contributed by atoms with van der Waals surface area (Å²) in [4.78, 5) is 13.4. The van der Waals surface area contributed by atoms with Gasteiger partial charge in [-0.15, -0.1) is 0 Å². The van der Waals surface area contributed by atoms with Crippen molar-refractivity contribution in [3.05, 3.63) is 60.4 Å². The van der Waals surface area contributed by atoms with E-state index in [9.17, 15) is 0 Å². The lowest BCUT2D eigenvalue weighted by atomic mass is 10.2. The van der Waals surface area contributed by atoms with Crippen molar-refractivity contribution in [2.24, 2.45) is 0 Å². The van der Waals surface area contributed by atoms with Crippen LogP contribution in [0.5, 0.6) is 0 Å². The van der Waals surface area contributed by atoms with Gasteiger partial charge in [0, 0.05) is 36.7 Å². The van der Waals surface area contributed by atoms with E-state index in [0.29, 0.717) is 5.95 Å². The Bertz CT molecular complexity index is 864. The standard InChI is InChI=1S/C19H20N6/c1-3-14-11-16(4-1)24-19-23-10-6-17(25-19)15-5-9-22-18(12-15)21-8-2-7-20-13-14/h1,3-6,9-12,20H,2,7-8,13H2,(H,21,22)(H,23,24,25). The maximum atomic E-state index is 4.64.